The van der Waals surface area contributed by atoms with Crippen LogP contribution in [0, 0.1) is 11.8 Å². The van der Waals surface area contributed by atoms with Crippen LogP contribution in [-0.2, 0) is 4.79 Å². The zero-order chi connectivity index (χ0) is 24.7. The molecule has 3 aliphatic rings. The molecule has 1 amide bonds. The van der Waals surface area contributed by atoms with E-state index in [1.165, 1.54) is 0 Å². The number of nitrogens with one attached hydrogen (secondary N) is 1. The van der Waals surface area contributed by atoms with Gasteiger partial charge in [0.15, 0.2) is 5.82 Å². The predicted octanol–water partition coefficient (Wildman–Crippen LogP) is 4.18. The lowest BCUT2D eigenvalue weighted by atomic mass is 9.80. The molecule has 1 atom stereocenters. The third kappa shape index (κ3) is 3.75. The number of hydrogen-bond donors (Lipinski definition) is 2. The Morgan fingerprint density at radius 2 is 1.86 bits per heavy atom. The van der Waals surface area contributed by atoms with Crippen LogP contribution in [0.15, 0.2) is 82.8 Å². The van der Waals surface area contributed by atoms with Gasteiger partial charge < -0.3 is 5.32 Å². The SMILES string of the molecule is CNC(=O)C1CCC(C2=NC(c3ccc4cnc(-c5ccccc5)nc4c3)=C3C=NC=C[N+]23N)CC1. The predicted molar refractivity (Wildman–Crippen MR) is 141 cm³/mol. The van der Waals surface area contributed by atoms with E-state index in [4.69, 9.17) is 15.8 Å². The molecule has 1 saturated carbocycles. The number of amidine groups is 1. The molecule has 2 aromatic carbocycles. The number of quaternary nitrogens is 1. The van der Waals surface area contributed by atoms with Crippen molar-refractivity contribution in [3.05, 3.63) is 78.4 Å². The molecule has 1 aromatic heterocycles. The minimum absolute atomic E-state index is 0.0330. The van der Waals surface area contributed by atoms with Crippen molar-refractivity contribution >= 4 is 34.6 Å². The normalized spacial score (nSPS) is 25.1. The van der Waals surface area contributed by atoms with E-state index >= 15 is 0 Å². The number of carbonyl (C=O) groups is 1. The Morgan fingerprint density at radius 3 is 2.64 bits per heavy atom. The molecule has 2 aliphatic heterocycles. The van der Waals surface area contributed by atoms with Crippen molar-refractivity contribution < 1.29 is 9.39 Å². The molecule has 6 rings (SSSR count). The molecule has 3 heterocycles. The zero-order valence-electron chi connectivity index (χ0n) is 20.1. The van der Waals surface area contributed by atoms with Gasteiger partial charge >= 0.3 is 0 Å². The van der Waals surface area contributed by atoms with Crippen molar-refractivity contribution in [2.45, 2.75) is 25.7 Å². The summed E-state index contributed by atoms with van der Waals surface area (Å²) >= 11 is 0. The van der Waals surface area contributed by atoms with Gasteiger partial charge in [-0.2, -0.15) is 10.8 Å². The molecule has 3 aromatic rings. The molecule has 8 heteroatoms. The Balaban J connectivity index is 1.37. The van der Waals surface area contributed by atoms with Gasteiger partial charge in [0.2, 0.25) is 17.4 Å². The van der Waals surface area contributed by atoms with Crippen LogP contribution in [0.25, 0.3) is 28.0 Å². The van der Waals surface area contributed by atoms with Crippen LogP contribution in [-0.4, -0.2) is 39.6 Å². The van der Waals surface area contributed by atoms with E-state index in [1.54, 1.807) is 13.2 Å². The summed E-state index contributed by atoms with van der Waals surface area (Å²) in [7, 11) is 1.70. The summed E-state index contributed by atoms with van der Waals surface area (Å²) in [5, 5.41) is 3.75. The number of allylic oxidation sites excluding steroid dienone is 1. The topological polar surface area (TPSA) is 106 Å². The minimum atomic E-state index is 0.0330. The van der Waals surface area contributed by atoms with E-state index in [9.17, 15) is 4.79 Å². The second-order valence-corrected chi connectivity index (χ2v) is 9.55. The first-order valence-electron chi connectivity index (χ1n) is 12.3. The number of aliphatic imine (C=N–C) groups is 2. The Morgan fingerprint density at radius 1 is 1.06 bits per heavy atom. The van der Waals surface area contributed by atoms with Gasteiger partial charge in [-0.3, -0.25) is 9.79 Å². The lowest BCUT2D eigenvalue weighted by Gasteiger charge is -2.33. The molecule has 0 bridgehead atoms. The van der Waals surface area contributed by atoms with E-state index in [0.29, 0.717) is 5.82 Å². The number of fused-ring (bicyclic) bond motifs is 2. The molecule has 0 spiro atoms. The molecule has 1 fully saturated rings. The van der Waals surface area contributed by atoms with Gasteiger partial charge in [-0.25, -0.2) is 9.97 Å². The largest absolute Gasteiger partial charge is 0.359 e. The number of amides is 1. The van der Waals surface area contributed by atoms with Crippen LogP contribution in [0.1, 0.15) is 31.2 Å². The summed E-state index contributed by atoms with van der Waals surface area (Å²) in [5.41, 5.74) is 4.43. The number of hydrogen-bond acceptors (Lipinski definition) is 6. The minimum Gasteiger partial charge on any atom is -0.359 e. The highest BCUT2D eigenvalue weighted by Gasteiger charge is 2.47. The second kappa shape index (κ2) is 8.89. The number of rotatable bonds is 4. The standard InChI is InChI=1S/C28H27N7O/c1-30-28(36)20-9-7-19(8-10-20)27-34-25(24-17-31-13-14-35(24,27)29)21-11-12-22-16-32-26(33-23(22)15-21)18-5-3-2-4-6-18/h2-6,11-17,19-20H,7-10,29H2,1H3/p+1. The maximum atomic E-state index is 12.1. The summed E-state index contributed by atoms with van der Waals surface area (Å²) < 4.78 is 0.0330. The fourth-order valence-corrected chi connectivity index (χ4v) is 5.44. The quantitative estimate of drug-likeness (QED) is 0.433. The molecular formula is C28H28N7O+. The molecule has 0 radical (unpaired) electrons. The van der Waals surface area contributed by atoms with Crippen LogP contribution in [0.5, 0.6) is 0 Å². The number of benzene rings is 2. The molecular weight excluding hydrogens is 450 g/mol. The first-order valence-corrected chi connectivity index (χ1v) is 12.3. The van der Waals surface area contributed by atoms with Crippen LogP contribution < -0.4 is 11.2 Å². The smallest absolute Gasteiger partial charge is 0.236 e. The molecule has 36 heavy (non-hydrogen) atoms. The van der Waals surface area contributed by atoms with E-state index < -0.39 is 0 Å². The summed E-state index contributed by atoms with van der Waals surface area (Å²) in [4.78, 5) is 31.0. The van der Waals surface area contributed by atoms with Gasteiger partial charge in [-0.05, 0) is 31.7 Å². The van der Waals surface area contributed by atoms with E-state index in [-0.39, 0.29) is 22.3 Å². The van der Waals surface area contributed by atoms with Gasteiger partial charge in [0.05, 0.1) is 23.8 Å². The average Bonchev–Trinajstić information content (AvgIpc) is 3.25. The zero-order valence-corrected chi connectivity index (χ0v) is 20.1. The lowest BCUT2D eigenvalue weighted by molar-refractivity contribution is -0.754. The fraction of sp³-hybridized carbons (Fsp3) is 0.250. The number of aromatic nitrogens is 2. The molecule has 1 unspecified atom stereocenters. The summed E-state index contributed by atoms with van der Waals surface area (Å²) in [5.74, 6) is 8.94. The maximum absolute atomic E-state index is 12.1. The fourth-order valence-electron chi connectivity index (χ4n) is 5.44. The van der Waals surface area contributed by atoms with Crippen molar-refractivity contribution in [2.24, 2.45) is 27.7 Å². The Labute approximate surface area is 209 Å². The highest BCUT2D eigenvalue weighted by molar-refractivity contribution is 6.01. The van der Waals surface area contributed by atoms with E-state index in [2.05, 4.69) is 21.4 Å². The average molecular weight is 479 g/mol. The first kappa shape index (κ1) is 22.5. The third-order valence-electron chi connectivity index (χ3n) is 7.43. The Kier molecular flexibility index (Phi) is 5.55. The summed E-state index contributed by atoms with van der Waals surface area (Å²) in [6.07, 6.45) is 10.7. The highest BCUT2D eigenvalue weighted by atomic mass is 16.1. The molecule has 1 aliphatic carbocycles. The van der Waals surface area contributed by atoms with Gasteiger partial charge in [-0.15, -0.1) is 4.59 Å². The number of nitrogens with two attached hydrogens (primary N) is 1. The molecule has 8 nitrogen and oxygen atoms in total. The van der Waals surface area contributed by atoms with Crippen molar-refractivity contribution in [1.29, 1.82) is 0 Å². The first-order chi connectivity index (χ1) is 17.6. The summed E-state index contributed by atoms with van der Waals surface area (Å²) in [6, 6.07) is 16.1. The van der Waals surface area contributed by atoms with Gasteiger partial charge in [-0.1, -0.05) is 42.5 Å². The lowest BCUT2D eigenvalue weighted by Crippen LogP contribution is -2.55. The Hall–Kier alpha value is -4.01. The molecule has 3 N–H and O–H groups in total. The van der Waals surface area contributed by atoms with Crippen LogP contribution >= 0.6 is 0 Å². The second-order valence-electron chi connectivity index (χ2n) is 9.55. The Bertz CT molecular complexity index is 1470. The van der Waals surface area contributed by atoms with Crippen LogP contribution in [0.3, 0.4) is 0 Å². The van der Waals surface area contributed by atoms with Gasteiger partial charge in [0.25, 0.3) is 0 Å². The van der Waals surface area contributed by atoms with Crippen molar-refractivity contribution in [3.63, 3.8) is 0 Å². The van der Waals surface area contributed by atoms with E-state index in [1.807, 2.05) is 61.1 Å². The van der Waals surface area contributed by atoms with Crippen molar-refractivity contribution in [2.75, 3.05) is 7.05 Å². The number of carbonyl (C=O) groups excluding carboxylic acids is 1. The summed E-state index contributed by atoms with van der Waals surface area (Å²) in [6.45, 7) is 0. The monoisotopic (exact) mass is 478 g/mol. The number of nitrogens with zero attached hydrogens (tertiary/aromatic N) is 5. The van der Waals surface area contributed by atoms with Crippen molar-refractivity contribution in [1.82, 2.24) is 15.3 Å². The van der Waals surface area contributed by atoms with Gasteiger partial charge in [0, 0.05) is 35.7 Å². The third-order valence-corrected chi connectivity index (χ3v) is 7.43. The maximum Gasteiger partial charge on any atom is 0.236 e. The van der Waals surface area contributed by atoms with E-state index in [0.717, 1.165) is 64.9 Å². The van der Waals surface area contributed by atoms with Crippen LogP contribution in [0.4, 0.5) is 0 Å². The van der Waals surface area contributed by atoms with Crippen molar-refractivity contribution in [3.8, 4) is 11.4 Å². The highest BCUT2D eigenvalue weighted by Crippen LogP contribution is 2.41. The molecule has 0 saturated heterocycles. The molecule has 180 valence electrons. The van der Waals surface area contributed by atoms with Crippen LogP contribution in [0.2, 0.25) is 0 Å². The van der Waals surface area contributed by atoms with Gasteiger partial charge in [0.1, 0.15) is 11.9 Å².